The molecule has 2 aliphatic heterocycles. The molecule has 0 aromatic rings. The van der Waals surface area contributed by atoms with E-state index in [1.807, 2.05) is 13.8 Å². The maximum Gasteiger partial charge on any atom is 0.331 e. The topological polar surface area (TPSA) is 77.7 Å². The Balaban J connectivity index is 1.62. The minimum Gasteiger partial charge on any atom is -0.459 e. The zero-order valence-electron chi connectivity index (χ0n) is 10.4. The van der Waals surface area contributed by atoms with Gasteiger partial charge in [0.1, 0.15) is 24.4 Å². The molecule has 2 aliphatic rings. The predicted molar refractivity (Wildman–Crippen MR) is 59.8 cm³/mol. The zero-order chi connectivity index (χ0) is 13.2. The molecular weight excluding hydrogens is 240 g/mol. The molecule has 0 amide bonds. The number of epoxide rings is 2. The van der Waals surface area contributed by atoms with Crippen LogP contribution in [0, 0.1) is 0 Å². The highest BCUT2D eigenvalue weighted by Crippen LogP contribution is 2.26. The van der Waals surface area contributed by atoms with Crippen LogP contribution >= 0.6 is 0 Å². The average Bonchev–Trinajstić information content (AvgIpc) is 3.23. The molecule has 0 aromatic heterocycles. The second kappa shape index (κ2) is 4.70. The lowest BCUT2D eigenvalue weighted by Gasteiger charge is -2.05. The van der Waals surface area contributed by atoms with E-state index in [1.165, 1.54) is 0 Å². The molecule has 2 fully saturated rings. The van der Waals surface area contributed by atoms with E-state index >= 15 is 0 Å². The van der Waals surface area contributed by atoms with Crippen molar-refractivity contribution in [2.75, 3.05) is 26.4 Å². The van der Waals surface area contributed by atoms with Crippen LogP contribution in [0.5, 0.6) is 0 Å². The number of carbonyl (C=O) groups is 2. The molecular formula is C12H16O6. The first-order chi connectivity index (χ1) is 8.41. The molecule has 18 heavy (non-hydrogen) atoms. The fourth-order valence-corrected chi connectivity index (χ4v) is 1.09. The van der Waals surface area contributed by atoms with Gasteiger partial charge in [-0.25, -0.2) is 9.59 Å². The monoisotopic (exact) mass is 256 g/mol. The van der Waals surface area contributed by atoms with Crippen LogP contribution in [0.4, 0.5) is 0 Å². The van der Waals surface area contributed by atoms with Gasteiger partial charge in [0.2, 0.25) is 0 Å². The Morgan fingerprint density at radius 1 is 1.00 bits per heavy atom. The van der Waals surface area contributed by atoms with Gasteiger partial charge in [0.05, 0.1) is 13.2 Å². The Morgan fingerprint density at radius 2 is 1.33 bits per heavy atom. The second-order valence-corrected chi connectivity index (χ2v) is 5.03. The second-order valence-electron chi connectivity index (χ2n) is 5.03. The van der Waals surface area contributed by atoms with Crippen LogP contribution in [-0.2, 0) is 28.5 Å². The van der Waals surface area contributed by atoms with Crippen molar-refractivity contribution in [1.29, 1.82) is 0 Å². The number of esters is 2. The summed E-state index contributed by atoms with van der Waals surface area (Å²) in [6.45, 7) is 5.24. The summed E-state index contributed by atoms with van der Waals surface area (Å²) in [6.07, 6.45) is 2.09. The highest BCUT2D eigenvalue weighted by Gasteiger charge is 2.41. The van der Waals surface area contributed by atoms with Crippen molar-refractivity contribution in [3.05, 3.63) is 12.2 Å². The van der Waals surface area contributed by atoms with E-state index < -0.39 is 11.9 Å². The molecule has 0 N–H and O–H groups in total. The quantitative estimate of drug-likeness (QED) is 0.384. The van der Waals surface area contributed by atoms with Gasteiger partial charge in [-0.2, -0.15) is 0 Å². The van der Waals surface area contributed by atoms with Gasteiger partial charge < -0.3 is 18.9 Å². The first-order valence-corrected chi connectivity index (χ1v) is 5.70. The maximum atomic E-state index is 11.2. The Kier molecular flexibility index (Phi) is 3.41. The third-order valence-corrected chi connectivity index (χ3v) is 2.67. The lowest BCUT2D eigenvalue weighted by atomic mass is 10.2. The SMILES string of the molecule is CC1(COC(=O)C=CC(=O)OCC2(C)CO2)CO1. The van der Waals surface area contributed by atoms with E-state index in [4.69, 9.17) is 18.9 Å². The third kappa shape index (κ3) is 4.12. The number of hydrogen-bond donors (Lipinski definition) is 0. The molecule has 0 saturated carbocycles. The van der Waals surface area contributed by atoms with Crippen molar-refractivity contribution >= 4 is 11.9 Å². The molecule has 100 valence electrons. The van der Waals surface area contributed by atoms with Gasteiger partial charge in [0.25, 0.3) is 0 Å². The summed E-state index contributed by atoms with van der Waals surface area (Å²) < 4.78 is 19.9. The highest BCUT2D eigenvalue weighted by atomic mass is 16.6. The van der Waals surface area contributed by atoms with Crippen LogP contribution in [-0.4, -0.2) is 49.6 Å². The average molecular weight is 256 g/mol. The van der Waals surface area contributed by atoms with E-state index in [-0.39, 0.29) is 24.4 Å². The van der Waals surface area contributed by atoms with Crippen LogP contribution in [0.15, 0.2) is 12.2 Å². The maximum absolute atomic E-state index is 11.2. The summed E-state index contributed by atoms with van der Waals surface area (Å²) in [6, 6.07) is 0. The van der Waals surface area contributed by atoms with E-state index in [2.05, 4.69) is 0 Å². The van der Waals surface area contributed by atoms with Crippen molar-refractivity contribution in [3.8, 4) is 0 Å². The molecule has 6 nitrogen and oxygen atoms in total. The Morgan fingerprint density at radius 3 is 1.61 bits per heavy atom. The van der Waals surface area contributed by atoms with Gasteiger partial charge in [-0.1, -0.05) is 0 Å². The number of rotatable bonds is 6. The third-order valence-electron chi connectivity index (χ3n) is 2.67. The molecule has 2 rings (SSSR count). The molecule has 2 atom stereocenters. The normalized spacial score (nSPS) is 33.2. The van der Waals surface area contributed by atoms with Crippen LogP contribution in [0.2, 0.25) is 0 Å². The van der Waals surface area contributed by atoms with Crippen molar-refractivity contribution in [3.63, 3.8) is 0 Å². The summed E-state index contributed by atoms with van der Waals surface area (Å²) in [5.41, 5.74) is -0.691. The van der Waals surface area contributed by atoms with Crippen molar-refractivity contribution < 1.29 is 28.5 Å². The first-order valence-electron chi connectivity index (χ1n) is 5.70. The van der Waals surface area contributed by atoms with Crippen molar-refractivity contribution in [2.24, 2.45) is 0 Å². The summed E-state index contributed by atoms with van der Waals surface area (Å²) in [5.74, 6) is -1.17. The molecule has 2 saturated heterocycles. The van der Waals surface area contributed by atoms with Gasteiger partial charge in [-0.15, -0.1) is 0 Å². The standard InChI is InChI=1S/C12H16O6/c1-11(7-17-11)5-15-9(13)3-4-10(14)16-6-12(2)8-18-12/h3-4H,5-8H2,1-2H3. The van der Waals surface area contributed by atoms with Gasteiger partial charge in [-0.05, 0) is 13.8 Å². The number of ether oxygens (including phenoxy) is 4. The summed E-state index contributed by atoms with van der Waals surface area (Å²) in [4.78, 5) is 22.5. The Bertz CT molecular complexity index is 342. The largest absolute Gasteiger partial charge is 0.459 e. The van der Waals surface area contributed by atoms with Gasteiger partial charge in [0.15, 0.2) is 0 Å². The van der Waals surface area contributed by atoms with Crippen LogP contribution in [0.3, 0.4) is 0 Å². The van der Waals surface area contributed by atoms with E-state index in [0.717, 1.165) is 12.2 Å². The number of hydrogen-bond acceptors (Lipinski definition) is 6. The smallest absolute Gasteiger partial charge is 0.331 e. The fraction of sp³-hybridized carbons (Fsp3) is 0.667. The fourth-order valence-electron chi connectivity index (χ4n) is 1.09. The predicted octanol–water partition coefficient (Wildman–Crippen LogP) is 0.207. The first kappa shape index (κ1) is 13.0. The minimum absolute atomic E-state index is 0.192. The molecule has 0 spiro atoms. The zero-order valence-corrected chi connectivity index (χ0v) is 10.4. The molecule has 0 aromatic carbocycles. The highest BCUT2D eigenvalue weighted by molar-refractivity contribution is 5.91. The van der Waals surface area contributed by atoms with E-state index in [0.29, 0.717) is 13.2 Å². The lowest BCUT2D eigenvalue weighted by molar-refractivity contribution is -0.142. The molecule has 0 radical (unpaired) electrons. The summed E-state index contributed by atoms with van der Waals surface area (Å²) >= 11 is 0. The van der Waals surface area contributed by atoms with E-state index in [9.17, 15) is 9.59 Å². The molecule has 0 bridgehead atoms. The van der Waals surface area contributed by atoms with Crippen LogP contribution in [0.25, 0.3) is 0 Å². The van der Waals surface area contributed by atoms with Crippen molar-refractivity contribution in [1.82, 2.24) is 0 Å². The Hall–Kier alpha value is -1.40. The van der Waals surface area contributed by atoms with Crippen molar-refractivity contribution in [2.45, 2.75) is 25.0 Å². The minimum atomic E-state index is -0.586. The molecule has 2 unspecified atom stereocenters. The van der Waals surface area contributed by atoms with Gasteiger partial charge in [-0.3, -0.25) is 0 Å². The summed E-state index contributed by atoms with van der Waals surface area (Å²) in [7, 11) is 0. The molecule has 2 heterocycles. The van der Waals surface area contributed by atoms with Gasteiger partial charge >= 0.3 is 11.9 Å². The number of carbonyl (C=O) groups excluding carboxylic acids is 2. The lowest BCUT2D eigenvalue weighted by Crippen LogP contribution is -2.18. The van der Waals surface area contributed by atoms with Crippen LogP contribution < -0.4 is 0 Å². The van der Waals surface area contributed by atoms with Crippen LogP contribution in [0.1, 0.15) is 13.8 Å². The molecule has 6 heteroatoms. The van der Waals surface area contributed by atoms with Gasteiger partial charge in [0, 0.05) is 12.2 Å². The summed E-state index contributed by atoms with van der Waals surface area (Å²) in [5, 5.41) is 0. The van der Waals surface area contributed by atoms with E-state index in [1.54, 1.807) is 0 Å². The Labute approximate surface area is 105 Å². The molecule has 0 aliphatic carbocycles.